The highest BCUT2D eigenvalue weighted by atomic mass is 32.1. The summed E-state index contributed by atoms with van der Waals surface area (Å²) in [5.41, 5.74) is 0.170. The molecule has 82 valence electrons. The van der Waals surface area contributed by atoms with E-state index in [0.717, 1.165) is 0 Å². The molecule has 2 aromatic rings. The van der Waals surface area contributed by atoms with Crippen molar-refractivity contribution in [3.8, 4) is 12.1 Å². The highest BCUT2D eigenvalue weighted by molar-refractivity contribution is 7.12. The van der Waals surface area contributed by atoms with Crippen molar-refractivity contribution in [3.05, 3.63) is 40.1 Å². The molecule has 2 heterocycles. The average molecular weight is 242 g/mol. The maximum Gasteiger partial charge on any atom is 0.192 e. The zero-order chi connectivity index (χ0) is 12.3. The van der Waals surface area contributed by atoms with Gasteiger partial charge < -0.3 is 4.57 Å². The Kier molecular flexibility index (Phi) is 2.99. The lowest BCUT2D eigenvalue weighted by atomic mass is 10.3. The van der Waals surface area contributed by atoms with Crippen molar-refractivity contribution in [2.45, 2.75) is 6.54 Å². The van der Waals surface area contributed by atoms with Crippen molar-refractivity contribution < 1.29 is 4.79 Å². The predicted molar refractivity (Wildman–Crippen MR) is 60.3 cm³/mol. The summed E-state index contributed by atoms with van der Waals surface area (Å²) in [6.45, 7) is 0.0259. The summed E-state index contributed by atoms with van der Waals surface area (Å²) in [7, 11) is 0. The molecule has 0 N–H and O–H groups in total. The summed E-state index contributed by atoms with van der Waals surface area (Å²) in [5, 5.41) is 19.4. The Bertz CT molecular complexity index is 627. The number of ketones is 1. The number of carbonyl (C=O) groups excluding carboxylic acids is 1. The van der Waals surface area contributed by atoms with E-state index in [0.29, 0.717) is 4.88 Å². The van der Waals surface area contributed by atoms with E-state index in [2.05, 4.69) is 4.98 Å². The van der Waals surface area contributed by atoms with E-state index in [1.165, 1.54) is 22.2 Å². The molecule has 0 saturated heterocycles. The smallest absolute Gasteiger partial charge is 0.192 e. The summed E-state index contributed by atoms with van der Waals surface area (Å²) in [6, 6.07) is 7.20. The van der Waals surface area contributed by atoms with E-state index in [-0.39, 0.29) is 23.7 Å². The third-order valence-electron chi connectivity index (χ3n) is 2.16. The number of rotatable bonds is 3. The minimum atomic E-state index is -0.0987. The molecule has 0 bridgehead atoms. The molecule has 0 saturated carbocycles. The number of imidazole rings is 1. The van der Waals surface area contributed by atoms with Gasteiger partial charge in [0.2, 0.25) is 0 Å². The third kappa shape index (κ3) is 2.07. The Labute approximate surface area is 101 Å². The fourth-order valence-electron chi connectivity index (χ4n) is 1.37. The molecule has 2 aromatic heterocycles. The van der Waals surface area contributed by atoms with Crippen LogP contribution in [0.4, 0.5) is 0 Å². The van der Waals surface area contributed by atoms with Crippen LogP contribution < -0.4 is 0 Å². The van der Waals surface area contributed by atoms with Crippen LogP contribution in [0, 0.1) is 22.7 Å². The van der Waals surface area contributed by atoms with Gasteiger partial charge in [-0.05, 0) is 11.4 Å². The van der Waals surface area contributed by atoms with E-state index in [1.807, 2.05) is 17.5 Å². The molecule has 6 heteroatoms. The zero-order valence-electron chi connectivity index (χ0n) is 8.62. The molecule has 0 atom stereocenters. The van der Waals surface area contributed by atoms with E-state index >= 15 is 0 Å². The maximum atomic E-state index is 11.8. The molecule has 0 aliphatic heterocycles. The van der Waals surface area contributed by atoms with Crippen LogP contribution in [0.25, 0.3) is 0 Å². The van der Waals surface area contributed by atoms with Gasteiger partial charge in [-0.25, -0.2) is 4.98 Å². The second-order valence-corrected chi connectivity index (χ2v) is 4.14. The van der Waals surface area contributed by atoms with Gasteiger partial charge in [0.15, 0.2) is 17.2 Å². The molecule has 2 rings (SSSR count). The van der Waals surface area contributed by atoms with Gasteiger partial charge in [-0.15, -0.1) is 11.3 Å². The topological polar surface area (TPSA) is 82.5 Å². The first kappa shape index (κ1) is 11.1. The first-order valence-corrected chi connectivity index (χ1v) is 5.56. The number of aromatic nitrogens is 2. The van der Waals surface area contributed by atoms with Gasteiger partial charge in [-0.2, -0.15) is 10.5 Å². The summed E-state index contributed by atoms with van der Waals surface area (Å²) in [5.74, 6) is -0.0987. The Morgan fingerprint density at radius 3 is 2.88 bits per heavy atom. The number of hydrogen-bond acceptors (Lipinski definition) is 5. The molecule has 0 radical (unpaired) electrons. The van der Waals surface area contributed by atoms with Crippen molar-refractivity contribution in [2.24, 2.45) is 0 Å². The number of thiophene rings is 1. The number of nitriles is 2. The van der Waals surface area contributed by atoms with Crippen molar-refractivity contribution in [1.29, 1.82) is 10.5 Å². The fourth-order valence-corrected chi connectivity index (χ4v) is 2.03. The van der Waals surface area contributed by atoms with Crippen LogP contribution >= 0.6 is 11.3 Å². The molecule has 0 spiro atoms. The Morgan fingerprint density at radius 1 is 1.47 bits per heavy atom. The van der Waals surface area contributed by atoms with Crippen LogP contribution in [-0.4, -0.2) is 15.3 Å². The number of hydrogen-bond donors (Lipinski definition) is 0. The molecule has 0 amide bonds. The second kappa shape index (κ2) is 4.60. The maximum absolute atomic E-state index is 11.8. The van der Waals surface area contributed by atoms with Gasteiger partial charge in [-0.3, -0.25) is 4.79 Å². The fraction of sp³-hybridized carbons (Fsp3) is 0.0909. The van der Waals surface area contributed by atoms with Gasteiger partial charge in [0.1, 0.15) is 12.1 Å². The Morgan fingerprint density at radius 2 is 2.29 bits per heavy atom. The Hall–Kier alpha value is -2.44. The molecular weight excluding hydrogens is 236 g/mol. The average Bonchev–Trinajstić information content (AvgIpc) is 2.97. The standard InChI is InChI=1S/C11H6N4OS/c12-4-8-9(5-13)15(7-14-8)6-10(16)11-2-1-3-17-11/h1-3,7H,6H2. The molecule has 0 unspecified atom stereocenters. The minimum Gasteiger partial charge on any atom is -0.313 e. The van der Waals surface area contributed by atoms with Gasteiger partial charge in [0, 0.05) is 0 Å². The molecule has 0 aliphatic carbocycles. The Balaban J connectivity index is 2.27. The lowest BCUT2D eigenvalue weighted by molar-refractivity contribution is 0.0975. The van der Waals surface area contributed by atoms with E-state index in [9.17, 15) is 4.79 Å². The van der Waals surface area contributed by atoms with E-state index in [4.69, 9.17) is 10.5 Å². The van der Waals surface area contributed by atoms with Crippen molar-refractivity contribution in [3.63, 3.8) is 0 Å². The van der Waals surface area contributed by atoms with E-state index in [1.54, 1.807) is 12.1 Å². The van der Waals surface area contributed by atoms with Crippen molar-refractivity contribution in [2.75, 3.05) is 0 Å². The number of nitrogens with zero attached hydrogens (tertiary/aromatic N) is 4. The molecule has 5 nitrogen and oxygen atoms in total. The highest BCUT2D eigenvalue weighted by Crippen LogP contribution is 2.12. The van der Waals surface area contributed by atoms with Crippen LogP contribution in [0.2, 0.25) is 0 Å². The lowest BCUT2D eigenvalue weighted by Crippen LogP contribution is -2.10. The first-order valence-electron chi connectivity index (χ1n) is 4.68. The summed E-state index contributed by atoms with van der Waals surface area (Å²) in [6.07, 6.45) is 1.34. The third-order valence-corrected chi connectivity index (χ3v) is 3.07. The van der Waals surface area contributed by atoms with Gasteiger partial charge >= 0.3 is 0 Å². The van der Waals surface area contributed by atoms with Crippen molar-refractivity contribution >= 4 is 17.1 Å². The highest BCUT2D eigenvalue weighted by Gasteiger charge is 2.14. The summed E-state index contributed by atoms with van der Waals surface area (Å²) >= 11 is 1.35. The molecule has 17 heavy (non-hydrogen) atoms. The quantitative estimate of drug-likeness (QED) is 0.765. The van der Waals surface area contributed by atoms with Gasteiger partial charge in [0.25, 0.3) is 0 Å². The molecule has 0 aromatic carbocycles. The molecule has 0 aliphatic rings. The van der Waals surface area contributed by atoms with Crippen LogP contribution in [0.1, 0.15) is 21.1 Å². The number of Topliss-reactive ketones (excluding diaryl/α,β-unsaturated/α-hetero) is 1. The van der Waals surface area contributed by atoms with Gasteiger partial charge in [0.05, 0.1) is 17.7 Å². The largest absolute Gasteiger partial charge is 0.313 e. The predicted octanol–water partition coefficient (Wildman–Crippen LogP) is 1.57. The van der Waals surface area contributed by atoms with Crippen LogP contribution in [-0.2, 0) is 6.54 Å². The SMILES string of the molecule is N#Cc1ncn(CC(=O)c2cccs2)c1C#N. The lowest BCUT2D eigenvalue weighted by Gasteiger charge is -2.00. The van der Waals surface area contributed by atoms with Crippen LogP contribution in [0.15, 0.2) is 23.8 Å². The normalized spacial score (nSPS) is 9.53. The van der Waals surface area contributed by atoms with Crippen molar-refractivity contribution in [1.82, 2.24) is 9.55 Å². The zero-order valence-corrected chi connectivity index (χ0v) is 9.44. The molecule has 0 fully saturated rings. The molecular formula is C11H6N4OS. The minimum absolute atomic E-state index is 0.0259. The van der Waals surface area contributed by atoms with Gasteiger partial charge in [-0.1, -0.05) is 6.07 Å². The second-order valence-electron chi connectivity index (χ2n) is 3.19. The summed E-state index contributed by atoms with van der Waals surface area (Å²) in [4.78, 5) is 16.2. The first-order chi connectivity index (χ1) is 8.26. The van der Waals surface area contributed by atoms with Crippen LogP contribution in [0.3, 0.4) is 0 Å². The summed E-state index contributed by atoms with van der Waals surface area (Å²) < 4.78 is 1.39. The van der Waals surface area contributed by atoms with Crippen LogP contribution in [0.5, 0.6) is 0 Å². The van der Waals surface area contributed by atoms with E-state index < -0.39 is 0 Å². The monoisotopic (exact) mass is 242 g/mol. The number of carbonyl (C=O) groups is 1.